The second kappa shape index (κ2) is 6.61. The van der Waals surface area contributed by atoms with Crippen molar-refractivity contribution >= 4 is 35.1 Å². The number of hydroxylamine groups is 2. The van der Waals surface area contributed by atoms with Crippen molar-refractivity contribution in [2.24, 2.45) is 0 Å². The van der Waals surface area contributed by atoms with Gasteiger partial charge in [0.25, 0.3) is 5.91 Å². The van der Waals surface area contributed by atoms with Crippen molar-refractivity contribution in [3.05, 3.63) is 69.7 Å². The van der Waals surface area contributed by atoms with E-state index >= 15 is 0 Å². The molecule has 0 aliphatic rings. The van der Waals surface area contributed by atoms with Crippen molar-refractivity contribution in [2.75, 3.05) is 7.05 Å². The van der Waals surface area contributed by atoms with E-state index in [-0.39, 0.29) is 10.6 Å². The minimum absolute atomic E-state index is 0.190. The maximum atomic E-state index is 12.2. The summed E-state index contributed by atoms with van der Waals surface area (Å²) in [6, 6.07) is 12.8. The summed E-state index contributed by atoms with van der Waals surface area (Å²) in [6.45, 7) is 0. The zero-order valence-corrected chi connectivity index (χ0v) is 12.6. The number of carbonyl (C=O) groups excluding carboxylic acids is 2. The summed E-state index contributed by atoms with van der Waals surface area (Å²) in [5, 5.41) is 1.44. The average Bonchev–Trinajstić information content (AvgIpc) is 2.47. The Kier molecular flexibility index (Phi) is 4.83. The molecule has 0 spiro atoms. The van der Waals surface area contributed by atoms with Gasteiger partial charge in [-0.15, -0.1) is 0 Å². The summed E-state index contributed by atoms with van der Waals surface area (Å²) >= 11 is 11.7. The molecule has 21 heavy (non-hydrogen) atoms. The quantitative estimate of drug-likeness (QED) is 0.789. The second-order valence-electron chi connectivity index (χ2n) is 4.17. The molecule has 0 aliphatic carbocycles. The van der Waals surface area contributed by atoms with E-state index in [4.69, 9.17) is 28.0 Å². The molecule has 2 aromatic rings. The molecule has 0 heterocycles. The zero-order valence-electron chi connectivity index (χ0n) is 11.0. The van der Waals surface area contributed by atoms with Crippen LogP contribution in [0.15, 0.2) is 48.5 Å². The number of hydrogen-bond donors (Lipinski definition) is 0. The van der Waals surface area contributed by atoms with Crippen LogP contribution in [0, 0.1) is 0 Å². The first-order valence-corrected chi connectivity index (χ1v) is 6.75. The minimum atomic E-state index is -0.628. The maximum Gasteiger partial charge on any atom is 0.363 e. The Labute approximate surface area is 131 Å². The van der Waals surface area contributed by atoms with Gasteiger partial charge in [-0.05, 0) is 30.3 Å². The first kappa shape index (κ1) is 15.4. The molecule has 6 heteroatoms. The first-order valence-electron chi connectivity index (χ1n) is 5.99. The molecule has 2 aromatic carbocycles. The molecule has 0 fully saturated rings. The van der Waals surface area contributed by atoms with E-state index in [1.807, 2.05) is 0 Å². The van der Waals surface area contributed by atoms with E-state index in [0.29, 0.717) is 10.6 Å². The Morgan fingerprint density at radius 3 is 2.33 bits per heavy atom. The lowest BCUT2D eigenvalue weighted by Crippen LogP contribution is -2.30. The summed E-state index contributed by atoms with van der Waals surface area (Å²) < 4.78 is 0. The Morgan fingerprint density at radius 1 is 1.05 bits per heavy atom. The highest BCUT2D eigenvalue weighted by Crippen LogP contribution is 2.22. The molecule has 0 aromatic heterocycles. The third-order valence-corrected chi connectivity index (χ3v) is 3.22. The summed E-state index contributed by atoms with van der Waals surface area (Å²) in [5.74, 6) is -1.17. The van der Waals surface area contributed by atoms with Gasteiger partial charge in [0.2, 0.25) is 0 Å². The van der Waals surface area contributed by atoms with E-state index in [2.05, 4.69) is 0 Å². The van der Waals surface area contributed by atoms with Gasteiger partial charge < -0.3 is 4.84 Å². The van der Waals surface area contributed by atoms with Crippen LogP contribution in [0.4, 0.5) is 0 Å². The van der Waals surface area contributed by atoms with Gasteiger partial charge in [-0.3, -0.25) is 4.79 Å². The monoisotopic (exact) mass is 323 g/mol. The van der Waals surface area contributed by atoms with Gasteiger partial charge in [0.05, 0.1) is 16.1 Å². The molecule has 0 saturated carbocycles. The lowest BCUT2D eigenvalue weighted by Gasteiger charge is -2.16. The molecule has 0 saturated heterocycles. The Morgan fingerprint density at radius 2 is 1.71 bits per heavy atom. The van der Waals surface area contributed by atoms with Crippen LogP contribution in [0.3, 0.4) is 0 Å². The van der Waals surface area contributed by atoms with Gasteiger partial charge in [0, 0.05) is 12.1 Å². The zero-order chi connectivity index (χ0) is 15.4. The molecule has 1 amide bonds. The summed E-state index contributed by atoms with van der Waals surface area (Å²) in [7, 11) is 1.34. The fraction of sp³-hybridized carbons (Fsp3) is 0.0667. The summed E-state index contributed by atoms with van der Waals surface area (Å²) in [6.07, 6.45) is 0. The lowest BCUT2D eigenvalue weighted by atomic mass is 10.2. The van der Waals surface area contributed by atoms with Crippen LogP contribution < -0.4 is 0 Å². The SMILES string of the molecule is CN(OC(=O)c1ccccc1)C(=O)c1ccc(Cl)cc1Cl. The third kappa shape index (κ3) is 3.74. The van der Waals surface area contributed by atoms with E-state index in [1.54, 1.807) is 30.3 Å². The molecule has 0 unspecified atom stereocenters. The van der Waals surface area contributed by atoms with E-state index in [0.717, 1.165) is 5.06 Å². The highest BCUT2D eigenvalue weighted by atomic mass is 35.5. The number of amides is 1. The van der Waals surface area contributed by atoms with Gasteiger partial charge in [-0.1, -0.05) is 41.4 Å². The smallest absolute Gasteiger partial charge is 0.333 e. The molecule has 2 rings (SSSR count). The van der Waals surface area contributed by atoms with Gasteiger partial charge in [0.1, 0.15) is 0 Å². The maximum absolute atomic E-state index is 12.2. The van der Waals surface area contributed by atoms with Crippen molar-refractivity contribution in [1.82, 2.24) is 5.06 Å². The van der Waals surface area contributed by atoms with E-state index in [1.165, 1.54) is 25.2 Å². The fourth-order valence-corrected chi connectivity index (χ4v) is 2.11. The van der Waals surface area contributed by atoms with Gasteiger partial charge in [0.15, 0.2) is 0 Å². The fourth-order valence-electron chi connectivity index (χ4n) is 1.63. The van der Waals surface area contributed by atoms with Gasteiger partial charge in [-0.2, -0.15) is 5.06 Å². The van der Waals surface area contributed by atoms with Gasteiger partial charge in [-0.25, -0.2) is 4.79 Å². The van der Waals surface area contributed by atoms with Crippen molar-refractivity contribution in [1.29, 1.82) is 0 Å². The third-order valence-electron chi connectivity index (χ3n) is 2.68. The largest absolute Gasteiger partial charge is 0.363 e. The van der Waals surface area contributed by atoms with Gasteiger partial charge >= 0.3 is 5.97 Å². The molecule has 108 valence electrons. The highest BCUT2D eigenvalue weighted by molar-refractivity contribution is 6.36. The summed E-state index contributed by atoms with van der Waals surface area (Å²) in [4.78, 5) is 29.0. The molecular formula is C15H11Cl2NO3. The number of rotatable bonds is 2. The van der Waals surface area contributed by atoms with Crippen LogP contribution >= 0.6 is 23.2 Å². The molecule has 0 bridgehead atoms. The molecule has 4 nitrogen and oxygen atoms in total. The van der Waals surface area contributed by atoms with Crippen molar-refractivity contribution < 1.29 is 14.4 Å². The second-order valence-corrected chi connectivity index (χ2v) is 5.02. The Bertz CT molecular complexity index is 674. The van der Waals surface area contributed by atoms with Crippen LogP contribution in [0.1, 0.15) is 20.7 Å². The topological polar surface area (TPSA) is 46.6 Å². The van der Waals surface area contributed by atoms with Crippen molar-refractivity contribution in [3.8, 4) is 0 Å². The predicted molar refractivity (Wildman–Crippen MR) is 80.4 cm³/mol. The van der Waals surface area contributed by atoms with E-state index < -0.39 is 11.9 Å². The normalized spacial score (nSPS) is 10.0. The minimum Gasteiger partial charge on any atom is -0.333 e. The lowest BCUT2D eigenvalue weighted by molar-refractivity contribution is -0.0658. The molecule has 0 N–H and O–H groups in total. The average molecular weight is 324 g/mol. The number of benzene rings is 2. The molecule has 0 aliphatic heterocycles. The number of hydrogen-bond acceptors (Lipinski definition) is 3. The number of nitrogens with zero attached hydrogens (tertiary/aromatic N) is 1. The predicted octanol–water partition coefficient (Wildman–Crippen LogP) is 3.84. The molecular weight excluding hydrogens is 313 g/mol. The van der Waals surface area contributed by atoms with E-state index in [9.17, 15) is 9.59 Å². The Hall–Kier alpha value is -2.04. The van der Waals surface area contributed by atoms with Crippen LogP contribution in [0.5, 0.6) is 0 Å². The van der Waals surface area contributed by atoms with Crippen LogP contribution in [-0.4, -0.2) is 24.0 Å². The highest BCUT2D eigenvalue weighted by Gasteiger charge is 2.19. The van der Waals surface area contributed by atoms with Crippen LogP contribution in [-0.2, 0) is 4.84 Å². The molecule has 0 atom stereocenters. The standard InChI is InChI=1S/C15H11Cl2NO3/c1-18(21-15(20)10-5-3-2-4-6-10)14(19)12-8-7-11(16)9-13(12)17/h2-9H,1H3. The first-order chi connectivity index (χ1) is 9.99. The van der Waals surface area contributed by atoms with Crippen molar-refractivity contribution in [2.45, 2.75) is 0 Å². The van der Waals surface area contributed by atoms with Crippen LogP contribution in [0.2, 0.25) is 10.0 Å². The number of carbonyl (C=O) groups is 2. The summed E-state index contributed by atoms with van der Waals surface area (Å²) in [5.41, 5.74) is 0.545. The number of halogens is 2. The molecule has 0 radical (unpaired) electrons. The Balaban J connectivity index is 2.11. The van der Waals surface area contributed by atoms with Crippen LogP contribution in [0.25, 0.3) is 0 Å². The van der Waals surface area contributed by atoms with Crippen molar-refractivity contribution in [3.63, 3.8) is 0 Å².